The zero-order chi connectivity index (χ0) is 26.3. The van der Waals surface area contributed by atoms with E-state index in [0.717, 1.165) is 12.3 Å². The number of likely N-dealkylation sites (tertiary alicyclic amines) is 1. The van der Waals surface area contributed by atoms with Crippen LogP contribution in [0.2, 0.25) is 0 Å². The molecule has 2 aromatic heterocycles. The second kappa shape index (κ2) is 9.32. The van der Waals surface area contributed by atoms with Crippen LogP contribution in [0, 0.1) is 41.2 Å². The molecule has 2 aliphatic rings. The highest BCUT2D eigenvalue weighted by atomic mass is 19.1. The average Bonchev–Trinajstić information content (AvgIpc) is 3.45. The second-order valence-electron chi connectivity index (χ2n) is 8.76. The van der Waals surface area contributed by atoms with Crippen LogP contribution in [0.25, 0.3) is 11.4 Å². The largest absolute Gasteiger partial charge is 0.483 e. The summed E-state index contributed by atoms with van der Waals surface area (Å²) in [5, 5.41) is 27.9. The Kier molecular flexibility index (Phi) is 6.01. The van der Waals surface area contributed by atoms with E-state index in [1.807, 2.05) is 12.1 Å². The van der Waals surface area contributed by atoms with Gasteiger partial charge in [0, 0.05) is 31.3 Å². The number of hydrogen-bond acceptors (Lipinski definition) is 7. The zero-order valence-electron chi connectivity index (χ0n) is 19.9. The molecule has 1 saturated heterocycles. The lowest BCUT2D eigenvalue weighted by atomic mass is 10.0. The van der Waals surface area contributed by atoms with Gasteiger partial charge in [0.25, 0.3) is 0 Å². The van der Waals surface area contributed by atoms with Gasteiger partial charge in [-0.3, -0.25) is 9.67 Å². The van der Waals surface area contributed by atoms with Crippen molar-refractivity contribution in [3.8, 4) is 29.3 Å². The fourth-order valence-electron chi connectivity index (χ4n) is 4.47. The van der Waals surface area contributed by atoms with Gasteiger partial charge in [-0.2, -0.15) is 20.7 Å². The first kappa shape index (κ1) is 23.9. The quantitative estimate of drug-likeness (QED) is 0.539. The van der Waals surface area contributed by atoms with Gasteiger partial charge in [-0.05, 0) is 30.7 Å². The lowest BCUT2D eigenvalue weighted by Crippen LogP contribution is -2.58. The number of pyridine rings is 1. The van der Waals surface area contributed by atoms with Crippen LogP contribution in [-0.2, 0) is 7.05 Å². The van der Waals surface area contributed by atoms with Gasteiger partial charge in [0.05, 0.1) is 48.3 Å². The molecule has 0 radical (unpaired) electrons. The Labute approximate surface area is 210 Å². The average molecular weight is 502 g/mol. The van der Waals surface area contributed by atoms with Crippen LogP contribution in [0.5, 0.6) is 5.75 Å². The first-order valence-electron chi connectivity index (χ1n) is 11.4. The van der Waals surface area contributed by atoms with Gasteiger partial charge in [0.1, 0.15) is 18.0 Å². The minimum absolute atomic E-state index is 0.0259. The highest BCUT2D eigenvalue weighted by Gasteiger charge is 2.39. The third kappa shape index (κ3) is 4.34. The van der Waals surface area contributed by atoms with Crippen molar-refractivity contribution >= 4 is 12.2 Å². The van der Waals surface area contributed by atoms with Gasteiger partial charge in [-0.15, -0.1) is 0 Å². The number of carbonyl (C=O) groups is 1. The lowest BCUT2D eigenvalue weighted by Gasteiger charge is -2.41. The van der Waals surface area contributed by atoms with Crippen molar-refractivity contribution in [2.24, 2.45) is 12.1 Å². The number of ether oxygens (including phenoxy) is 1. The number of halogens is 2. The first-order chi connectivity index (χ1) is 17.8. The molecule has 4 heterocycles. The Morgan fingerprint density at radius 3 is 2.65 bits per heavy atom. The molecule has 1 atom stereocenters. The summed E-state index contributed by atoms with van der Waals surface area (Å²) in [5.74, 6) is -1.24. The van der Waals surface area contributed by atoms with E-state index in [1.54, 1.807) is 20.2 Å². The van der Waals surface area contributed by atoms with E-state index in [9.17, 15) is 18.8 Å². The Balaban J connectivity index is 1.27. The Bertz CT molecular complexity index is 1510. The Morgan fingerprint density at radius 1 is 1.16 bits per heavy atom. The maximum atomic E-state index is 14.5. The highest BCUT2D eigenvalue weighted by molar-refractivity contribution is 5.79. The van der Waals surface area contributed by atoms with Crippen LogP contribution in [0.1, 0.15) is 34.8 Å². The van der Waals surface area contributed by atoms with Crippen LogP contribution < -0.4 is 4.74 Å². The number of hydrazone groups is 1. The molecule has 12 heteroatoms. The topological polar surface area (TPSA) is 123 Å². The van der Waals surface area contributed by atoms with Crippen molar-refractivity contribution in [2.75, 3.05) is 13.1 Å². The standard InChI is InChI=1S/C25H20F2N8O2/c1-14-21(10-29)32-33(2)24(14)20-8-23(19(27)11-30-20)37-18-12-34(13-18)25(36)35-22(3-4-31-35)16-5-15(9-28)6-17(26)7-16/h4-8,11,18,22H,3,12-13H2,1-2H3/t22-/m0/s1. The van der Waals surface area contributed by atoms with Crippen LogP contribution in [0.4, 0.5) is 13.6 Å². The molecule has 1 aromatic carbocycles. The number of nitrogens with zero attached hydrogens (tertiary/aromatic N) is 8. The van der Waals surface area contributed by atoms with Gasteiger partial charge in [0.2, 0.25) is 0 Å². The predicted molar refractivity (Wildman–Crippen MR) is 126 cm³/mol. The van der Waals surface area contributed by atoms with E-state index in [2.05, 4.69) is 15.2 Å². The summed E-state index contributed by atoms with van der Waals surface area (Å²) >= 11 is 0. The number of carbonyl (C=O) groups excluding carboxylic acids is 1. The maximum Gasteiger partial charge on any atom is 0.341 e. The molecular formula is C25H20F2N8O2. The molecule has 0 bridgehead atoms. The van der Waals surface area contributed by atoms with Crippen LogP contribution in [-0.4, -0.2) is 56.1 Å². The van der Waals surface area contributed by atoms with Crippen LogP contribution in [0.3, 0.4) is 0 Å². The molecule has 0 spiro atoms. The summed E-state index contributed by atoms with van der Waals surface area (Å²) < 4.78 is 35.8. The van der Waals surface area contributed by atoms with Crippen molar-refractivity contribution in [1.29, 1.82) is 10.5 Å². The summed E-state index contributed by atoms with van der Waals surface area (Å²) in [6.45, 7) is 2.14. The van der Waals surface area contributed by atoms with Crippen LogP contribution in [0.15, 0.2) is 35.6 Å². The van der Waals surface area contributed by atoms with E-state index in [1.165, 1.54) is 32.8 Å². The van der Waals surface area contributed by atoms with Gasteiger partial charge in [-0.25, -0.2) is 18.6 Å². The molecule has 0 N–H and O–H groups in total. The van der Waals surface area contributed by atoms with Crippen molar-refractivity contribution in [3.05, 3.63) is 64.5 Å². The molecule has 37 heavy (non-hydrogen) atoms. The summed E-state index contributed by atoms with van der Waals surface area (Å²) in [6, 6.07) is 8.40. The summed E-state index contributed by atoms with van der Waals surface area (Å²) in [6.07, 6.45) is 2.54. The van der Waals surface area contributed by atoms with E-state index < -0.39 is 29.8 Å². The summed E-state index contributed by atoms with van der Waals surface area (Å²) in [7, 11) is 1.67. The van der Waals surface area contributed by atoms with E-state index in [4.69, 9.17) is 10.00 Å². The Hall–Kier alpha value is -4.84. The molecule has 10 nitrogen and oxygen atoms in total. The second-order valence-corrected chi connectivity index (χ2v) is 8.76. The number of rotatable bonds is 4. The minimum atomic E-state index is -0.655. The molecule has 1 fully saturated rings. The van der Waals surface area contributed by atoms with Crippen molar-refractivity contribution in [3.63, 3.8) is 0 Å². The number of hydrogen-bond donors (Lipinski definition) is 0. The predicted octanol–water partition coefficient (Wildman–Crippen LogP) is 3.43. The molecule has 0 unspecified atom stereocenters. The summed E-state index contributed by atoms with van der Waals surface area (Å²) in [4.78, 5) is 18.7. The number of aromatic nitrogens is 3. The Morgan fingerprint density at radius 2 is 1.95 bits per heavy atom. The number of nitriles is 2. The van der Waals surface area contributed by atoms with E-state index in [0.29, 0.717) is 28.9 Å². The molecule has 0 aliphatic carbocycles. The fourth-order valence-corrected chi connectivity index (χ4v) is 4.47. The molecular weight excluding hydrogens is 482 g/mol. The summed E-state index contributed by atoms with van der Waals surface area (Å²) in [5.41, 5.74) is 2.49. The third-order valence-electron chi connectivity index (χ3n) is 6.32. The zero-order valence-corrected chi connectivity index (χ0v) is 19.9. The molecule has 3 aromatic rings. The number of amides is 2. The van der Waals surface area contributed by atoms with Crippen molar-refractivity contribution < 1.29 is 18.3 Å². The number of benzene rings is 1. The molecule has 2 amide bonds. The smallest absolute Gasteiger partial charge is 0.341 e. The van der Waals surface area contributed by atoms with Crippen LogP contribution >= 0.6 is 0 Å². The lowest BCUT2D eigenvalue weighted by molar-refractivity contribution is 0.0257. The number of aryl methyl sites for hydroxylation is 1. The SMILES string of the molecule is Cc1c(C#N)nn(C)c1-c1cc(OC2CN(C(=O)N3N=CC[C@H]3c3cc(F)cc(C#N)c3)C2)c(F)cn1. The fraction of sp³-hybridized carbons (Fsp3) is 0.280. The molecule has 186 valence electrons. The van der Waals surface area contributed by atoms with Gasteiger partial charge in [0.15, 0.2) is 17.3 Å². The molecule has 2 aliphatic heterocycles. The van der Waals surface area contributed by atoms with E-state index in [-0.39, 0.29) is 30.1 Å². The maximum absolute atomic E-state index is 14.5. The highest BCUT2D eigenvalue weighted by Crippen LogP contribution is 2.33. The van der Waals surface area contributed by atoms with Gasteiger partial charge in [-0.1, -0.05) is 0 Å². The monoisotopic (exact) mass is 502 g/mol. The first-order valence-corrected chi connectivity index (χ1v) is 11.4. The minimum Gasteiger partial charge on any atom is -0.483 e. The van der Waals surface area contributed by atoms with Crippen molar-refractivity contribution in [2.45, 2.75) is 25.5 Å². The van der Waals surface area contributed by atoms with Gasteiger partial charge < -0.3 is 9.64 Å². The van der Waals surface area contributed by atoms with Crippen molar-refractivity contribution in [1.82, 2.24) is 24.7 Å². The van der Waals surface area contributed by atoms with Gasteiger partial charge >= 0.3 is 6.03 Å². The van der Waals surface area contributed by atoms with E-state index >= 15 is 0 Å². The third-order valence-corrected chi connectivity index (χ3v) is 6.32. The number of urea groups is 1. The molecule has 5 rings (SSSR count). The normalized spacial score (nSPS) is 16.9. The molecule has 0 saturated carbocycles.